The van der Waals surface area contributed by atoms with E-state index in [-0.39, 0.29) is 11.3 Å². The first-order valence-corrected chi connectivity index (χ1v) is 13.1. The lowest BCUT2D eigenvalue weighted by Crippen LogP contribution is -2.38. The van der Waals surface area contributed by atoms with Crippen LogP contribution in [0.3, 0.4) is 0 Å². The van der Waals surface area contributed by atoms with Gasteiger partial charge in [0.1, 0.15) is 24.7 Å². The Labute approximate surface area is 218 Å². The molecule has 2 aromatic carbocycles. The number of fused-ring (bicyclic) bond motifs is 1. The molecular formula is C29H36N2O6. The predicted molar refractivity (Wildman–Crippen MR) is 141 cm³/mol. The van der Waals surface area contributed by atoms with Gasteiger partial charge >= 0.3 is 0 Å². The Morgan fingerprint density at radius 2 is 1.73 bits per heavy atom. The van der Waals surface area contributed by atoms with Crippen molar-refractivity contribution in [3.63, 3.8) is 0 Å². The molecule has 1 amide bonds. The van der Waals surface area contributed by atoms with E-state index >= 15 is 0 Å². The smallest absolute Gasteiger partial charge is 0.295 e. The number of hydrogen-bond donors (Lipinski definition) is 1. The van der Waals surface area contributed by atoms with E-state index in [2.05, 4.69) is 25.7 Å². The van der Waals surface area contributed by atoms with Crippen molar-refractivity contribution in [2.24, 2.45) is 0 Å². The molecule has 1 N–H and O–H groups in total. The third-order valence-electron chi connectivity index (χ3n) is 6.87. The van der Waals surface area contributed by atoms with Crippen molar-refractivity contribution < 1.29 is 28.9 Å². The van der Waals surface area contributed by atoms with Crippen molar-refractivity contribution in [2.75, 3.05) is 46.0 Å². The van der Waals surface area contributed by atoms with Gasteiger partial charge in [-0.15, -0.1) is 0 Å². The summed E-state index contributed by atoms with van der Waals surface area (Å²) in [7, 11) is 0. The molecule has 1 fully saturated rings. The number of aliphatic hydroxyl groups excluding tert-OH is 1. The number of ether oxygens (including phenoxy) is 3. The van der Waals surface area contributed by atoms with Crippen LogP contribution in [-0.4, -0.2) is 72.6 Å². The molecule has 37 heavy (non-hydrogen) atoms. The minimum Gasteiger partial charge on any atom is -0.507 e. The molecule has 4 rings (SSSR count). The summed E-state index contributed by atoms with van der Waals surface area (Å²) < 4.78 is 17.0. The minimum absolute atomic E-state index is 0.0703. The first-order valence-electron chi connectivity index (χ1n) is 13.1. The molecule has 2 aliphatic rings. The van der Waals surface area contributed by atoms with Gasteiger partial charge in [-0.2, -0.15) is 0 Å². The Balaban J connectivity index is 1.72. The monoisotopic (exact) mass is 508 g/mol. The zero-order valence-corrected chi connectivity index (χ0v) is 21.9. The lowest BCUT2D eigenvalue weighted by molar-refractivity contribution is -0.140. The number of carbonyl (C=O) groups is 2. The third-order valence-corrected chi connectivity index (χ3v) is 6.87. The maximum Gasteiger partial charge on any atom is 0.295 e. The Morgan fingerprint density at radius 3 is 2.41 bits per heavy atom. The molecule has 8 heteroatoms. The summed E-state index contributed by atoms with van der Waals surface area (Å²) in [4.78, 5) is 30.3. The molecule has 0 aliphatic carbocycles. The van der Waals surface area contributed by atoms with Crippen LogP contribution in [0.1, 0.15) is 50.8 Å². The highest BCUT2D eigenvalue weighted by atomic mass is 16.6. The van der Waals surface area contributed by atoms with Gasteiger partial charge in [0.05, 0.1) is 18.2 Å². The van der Waals surface area contributed by atoms with E-state index in [4.69, 9.17) is 14.2 Å². The number of ketones is 1. The molecule has 0 radical (unpaired) electrons. The van der Waals surface area contributed by atoms with Crippen LogP contribution in [0.15, 0.2) is 48.0 Å². The number of amides is 1. The summed E-state index contributed by atoms with van der Waals surface area (Å²) in [6.45, 7) is 10.4. The van der Waals surface area contributed by atoms with Gasteiger partial charge < -0.3 is 29.1 Å². The number of unbranched alkanes of at least 4 members (excludes halogenated alkanes) is 1. The summed E-state index contributed by atoms with van der Waals surface area (Å²) in [6.07, 6.45) is 2.00. The number of aliphatic hydroxyl groups is 1. The lowest BCUT2D eigenvalue weighted by atomic mass is 9.95. The molecule has 1 unspecified atom stereocenters. The van der Waals surface area contributed by atoms with Gasteiger partial charge in [-0.3, -0.25) is 9.59 Å². The van der Waals surface area contributed by atoms with Crippen molar-refractivity contribution in [1.29, 1.82) is 0 Å². The highest BCUT2D eigenvalue weighted by Crippen LogP contribution is 2.41. The van der Waals surface area contributed by atoms with Crippen LogP contribution in [0.25, 0.3) is 5.76 Å². The fourth-order valence-corrected chi connectivity index (χ4v) is 4.67. The normalized spacial score (nSPS) is 18.5. The average molecular weight is 509 g/mol. The van der Waals surface area contributed by atoms with Gasteiger partial charge in [0.25, 0.3) is 11.7 Å². The summed E-state index contributed by atoms with van der Waals surface area (Å²) in [6, 6.07) is 11.7. The van der Waals surface area contributed by atoms with Crippen LogP contribution in [0, 0.1) is 0 Å². The molecule has 1 atom stereocenters. The SMILES string of the molecule is CCCCOc1ccc(C2/C(=C(\O)c3ccc4c(c3)OCCO4)C(=O)C(=O)N2CCN(CC)CC)cc1. The van der Waals surface area contributed by atoms with Gasteiger partial charge in [-0.1, -0.05) is 39.3 Å². The van der Waals surface area contributed by atoms with Crippen molar-refractivity contribution in [3.8, 4) is 17.2 Å². The first kappa shape index (κ1) is 26.5. The van der Waals surface area contributed by atoms with Gasteiger partial charge in [0.15, 0.2) is 11.5 Å². The number of benzene rings is 2. The van der Waals surface area contributed by atoms with E-state index in [1.54, 1.807) is 23.1 Å². The highest BCUT2D eigenvalue weighted by Gasteiger charge is 2.46. The zero-order chi connectivity index (χ0) is 26.4. The Bertz CT molecular complexity index is 1140. The molecule has 0 saturated carbocycles. The maximum atomic E-state index is 13.3. The van der Waals surface area contributed by atoms with E-state index in [1.165, 1.54) is 0 Å². The number of rotatable bonds is 11. The number of Topliss-reactive ketones (excluding diaryl/α,β-unsaturated/α-hetero) is 1. The summed E-state index contributed by atoms with van der Waals surface area (Å²) in [5.41, 5.74) is 1.21. The molecule has 0 aromatic heterocycles. The third kappa shape index (κ3) is 5.74. The van der Waals surface area contributed by atoms with Crippen LogP contribution in [0.5, 0.6) is 17.2 Å². The molecule has 8 nitrogen and oxygen atoms in total. The second-order valence-corrected chi connectivity index (χ2v) is 9.15. The average Bonchev–Trinajstić information content (AvgIpc) is 3.18. The highest BCUT2D eigenvalue weighted by molar-refractivity contribution is 6.46. The second kappa shape index (κ2) is 12.1. The van der Waals surface area contributed by atoms with E-state index < -0.39 is 17.7 Å². The van der Waals surface area contributed by atoms with Gasteiger partial charge in [-0.25, -0.2) is 0 Å². The number of nitrogens with zero attached hydrogens (tertiary/aromatic N) is 2. The van der Waals surface area contributed by atoms with Gasteiger partial charge in [0, 0.05) is 18.7 Å². The van der Waals surface area contributed by atoms with Crippen LogP contribution in [0.2, 0.25) is 0 Å². The largest absolute Gasteiger partial charge is 0.507 e. The number of likely N-dealkylation sites (N-methyl/N-ethyl adjacent to an activating group) is 1. The van der Waals surface area contributed by atoms with Gasteiger partial charge in [0.2, 0.25) is 0 Å². The first-order chi connectivity index (χ1) is 18.0. The Kier molecular flexibility index (Phi) is 8.71. The van der Waals surface area contributed by atoms with Crippen molar-refractivity contribution >= 4 is 17.4 Å². The molecule has 2 aromatic rings. The van der Waals surface area contributed by atoms with Gasteiger partial charge in [-0.05, 0) is 55.4 Å². The predicted octanol–water partition coefficient (Wildman–Crippen LogP) is 4.40. The van der Waals surface area contributed by atoms with E-state index in [0.29, 0.717) is 50.0 Å². The van der Waals surface area contributed by atoms with Crippen LogP contribution in [-0.2, 0) is 9.59 Å². The Morgan fingerprint density at radius 1 is 1.03 bits per heavy atom. The van der Waals surface area contributed by atoms with Crippen LogP contribution >= 0.6 is 0 Å². The van der Waals surface area contributed by atoms with E-state index in [9.17, 15) is 14.7 Å². The molecule has 198 valence electrons. The topological polar surface area (TPSA) is 88.5 Å². The maximum absolute atomic E-state index is 13.3. The molecule has 2 aliphatic heterocycles. The summed E-state index contributed by atoms with van der Waals surface area (Å²) in [5.74, 6) is 0.270. The molecule has 0 spiro atoms. The molecule has 1 saturated heterocycles. The fraction of sp³-hybridized carbons (Fsp3) is 0.448. The number of hydrogen-bond acceptors (Lipinski definition) is 7. The van der Waals surface area contributed by atoms with E-state index in [1.807, 2.05) is 24.3 Å². The van der Waals surface area contributed by atoms with Crippen LogP contribution in [0.4, 0.5) is 0 Å². The standard InChI is InChI=1S/C29H36N2O6/c1-4-7-16-35-22-11-8-20(9-12-22)26-25(28(33)29(34)31(26)15-14-30(5-2)6-3)27(32)21-10-13-23-24(19-21)37-18-17-36-23/h8-13,19,26,32H,4-7,14-18H2,1-3H3/b27-25+. The van der Waals surface area contributed by atoms with Crippen molar-refractivity contribution in [3.05, 3.63) is 59.2 Å². The summed E-state index contributed by atoms with van der Waals surface area (Å²) >= 11 is 0. The number of likely N-dealkylation sites (tertiary alicyclic amines) is 1. The van der Waals surface area contributed by atoms with Crippen LogP contribution < -0.4 is 14.2 Å². The van der Waals surface area contributed by atoms with E-state index in [0.717, 1.165) is 37.2 Å². The fourth-order valence-electron chi connectivity index (χ4n) is 4.67. The van der Waals surface area contributed by atoms with Crippen molar-refractivity contribution in [1.82, 2.24) is 9.80 Å². The minimum atomic E-state index is -0.714. The molecule has 0 bridgehead atoms. The molecular weight excluding hydrogens is 472 g/mol. The molecule has 2 heterocycles. The Hall–Kier alpha value is -3.52. The van der Waals surface area contributed by atoms with Crippen molar-refractivity contribution in [2.45, 2.75) is 39.7 Å². The number of carbonyl (C=O) groups excluding carboxylic acids is 2. The quantitative estimate of drug-likeness (QED) is 0.208. The summed E-state index contributed by atoms with van der Waals surface area (Å²) in [5, 5.41) is 11.4. The zero-order valence-electron chi connectivity index (χ0n) is 21.9. The second-order valence-electron chi connectivity index (χ2n) is 9.15. The lowest BCUT2D eigenvalue weighted by Gasteiger charge is -2.28.